The van der Waals surface area contributed by atoms with Crippen molar-refractivity contribution in [2.24, 2.45) is 0 Å². The Morgan fingerprint density at radius 3 is 2.81 bits per heavy atom. The van der Waals surface area contributed by atoms with Crippen LogP contribution in [0.5, 0.6) is 0 Å². The van der Waals surface area contributed by atoms with Crippen LogP contribution < -0.4 is 5.32 Å². The van der Waals surface area contributed by atoms with Gasteiger partial charge in [0.05, 0.1) is 0 Å². The fraction of sp³-hybridized carbons (Fsp3) is 0.611. The Balaban J connectivity index is 1.77. The molecule has 0 radical (unpaired) electrons. The molecule has 0 saturated carbocycles. The number of rotatable bonds is 2. The second-order valence-corrected chi connectivity index (χ2v) is 6.48. The van der Waals surface area contributed by atoms with E-state index in [0.717, 1.165) is 25.8 Å². The van der Waals surface area contributed by atoms with E-state index in [4.69, 9.17) is 0 Å². The van der Waals surface area contributed by atoms with Crippen LogP contribution in [0, 0.1) is 0 Å². The van der Waals surface area contributed by atoms with E-state index >= 15 is 0 Å². The lowest BCUT2D eigenvalue weighted by molar-refractivity contribution is -0.132. The minimum Gasteiger partial charge on any atom is -0.335 e. The number of nitrogens with one attached hydrogen (secondary N) is 1. The Kier molecular flexibility index (Phi) is 4.59. The Morgan fingerprint density at radius 2 is 2.05 bits per heavy atom. The van der Waals surface area contributed by atoms with Crippen LogP contribution in [0.15, 0.2) is 30.3 Å². The zero-order chi connectivity index (χ0) is 14.7. The molecular weight excluding hydrogens is 260 g/mol. The maximum atomic E-state index is 12.2. The first-order chi connectivity index (χ1) is 10.3. The van der Waals surface area contributed by atoms with E-state index in [0.29, 0.717) is 18.1 Å². The summed E-state index contributed by atoms with van der Waals surface area (Å²) in [7, 11) is 0. The summed E-state index contributed by atoms with van der Waals surface area (Å²) in [5, 5.41) is 3.69. The van der Waals surface area contributed by atoms with Crippen LogP contribution in [0.3, 0.4) is 0 Å². The monoisotopic (exact) mass is 286 g/mol. The number of carbonyl (C=O) groups is 1. The maximum Gasteiger partial charge on any atom is 0.220 e. The van der Waals surface area contributed by atoms with Crippen LogP contribution >= 0.6 is 0 Å². The molecule has 1 amide bonds. The summed E-state index contributed by atoms with van der Waals surface area (Å²) in [5.41, 5.74) is 1.34. The van der Waals surface area contributed by atoms with Gasteiger partial charge in [-0.05, 0) is 37.8 Å². The molecule has 21 heavy (non-hydrogen) atoms. The Hall–Kier alpha value is -1.35. The van der Waals surface area contributed by atoms with Crippen LogP contribution in [0.2, 0.25) is 0 Å². The maximum absolute atomic E-state index is 12.2. The van der Waals surface area contributed by atoms with E-state index in [9.17, 15) is 4.79 Å². The molecule has 0 unspecified atom stereocenters. The zero-order valence-corrected chi connectivity index (χ0v) is 12.9. The fourth-order valence-electron chi connectivity index (χ4n) is 4.09. The highest BCUT2D eigenvalue weighted by Gasteiger charge is 2.41. The quantitative estimate of drug-likeness (QED) is 0.906. The molecule has 3 rings (SSSR count). The van der Waals surface area contributed by atoms with Gasteiger partial charge in [0, 0.05) is 25.0 Å². The summed E-state index contributed by atoms with van der Waals surface area (Å²) in [6.07, 6.45) is 7.04. The minimum atomic E-state index is 0.241. The van der Waals surface area contributed by atoms with Crippen molar-refractivity contribution in [2.45, 2.75) is 63.6 Å². The third-order valence-corrected chi connectivity index (χ3v) is 5.00. The molecule has 0 aromatic heterocycles. The first-order valence-electron chi connectivity index (χ1n) is 8.32. The number of amides is 1. The highest BCUT2D eigenvalue weighted by molar-refractivity contribution is 5.74. The van der Waals surface area contributed by atoms with Gasteiger partial charge in [-0.2, -0.15) is 0 Å². The topological polar surface area (TPSA) is 32.3 Å². The number of hydrogen-bond acceptors (Lipinski definition) is 2. The highest BCUT2D eigenvalue weighted by atomic mass is 16.2. The predicted octanol–water partition coefficient (Wildman–Crippen LogP) is 2.75. The lowest BCUT2D eigenvalue weighted by atomic mass is 9.98. The first kappa shape index (κ1) is 14.6. The molecule has 0 aliphatic carbocycles. The second-order valence-electron chi connectivity index (χ2n) is 6.48. The summed E-state index contributed by atoms with van der Waals surface area (Å²) >= 11 is 0. The molecule has 3 nitrogen and oxygen atoms in total. The van der Waals surface area contributed by atoms with Crippen LogP contribution in [-0.4, -0.2) is 35.5 Å². The highest BCUT2D eigenvalue weighted by Crippen LogP contribution is 2.31. The molecule has 0 bridgehead atoms. The third-order valence-electron chi connectivity index (χ3n) is 5.00. The number of fused-ring (bicyclic) bond motifs is 1. The average Bonchev–Trinajstić information content (AvgIpc) is 2.77. The van der Waals surface area contributed by atoms with Crippen LogP contribution in [-0.2, 0) is 11.2 Å². The molecule has 2 aliphatic heterocycles. The van der Waals surface area contributed by atoms with Gasteiger partial charge >= 0.3 is 0 Å². The van der Waals surface area contributed by atoms with Gasteiger partial charge < -0.3 is 10.2 Å². The standard InChI is InChI=1S/C18H26N2O/c1-14(21)20-16(12-15-8-4-2-5-9-15)13-17-18(20)10-6-3-7-11-19-17/h2,4-5,8-9,16-19H,3,6-7,10-13H2,1H3/t16-,17+,18+/m1/s1. The number of carbonyl (C=O) groups excluding carboxylic acids is 1. The van der Waals surface area contributed by atoms with Gasteiger partial charge in [-0.1, -0.05) is 43.2 Å². The van der Waals surface area contributed by atoms with Gasteiger partial charge in [0.25, 0.3) is 0 Å². The molecule has 1 aromatic carbocycles. The van der Waals surface area contributed by atoms with Crippen molar-refractivity contribution < 1.29 is 4.79 Å². The van der Waals surface area contributed by atoms with Gasteiger partial charge in [0.15, 0.2) is 0 Å². The van der Waals surface area contributed by atoms with Gasteiger partial charge in [-0.25, -0.2) is 0 Å². The summed E-state index contributed by atoms with van der Waals surface area (Å²) in [4.78, 5) is 14.4. The van der Waals surface area contributed by atoms with Gasteiger partial charge in [-0.15, -0.1) is 0 Å². The summed E-state index contributed by atoms with van der Waals surface area (Å²) in [6, 6.07) is 11.8. The van der Waals surface area contributed by atoms with Gasteiger partial charge in [-0.3, -0.25) is 4.79 Å². The molecule has 2 fully saturated rings. The Bertz CT molecular complexity index is 473. The van der Waals surface area contributed by atoms with Crippen molar-refractivity contribution in [2.75, 3.05) is 6.54 Å². The van der Waals surface area contributed by atoms with Crippen molar-refractivity contribution >= 4 is 5.91 Å². The smallest absolute Gasteiger partial charge is 0.220 e. The van der Waals surface area contributed by atoms with Gasteiger partial charge in [0.2, 0.25) is 5.91 Å². The number of hydrogen-bond donors (Lipinski definition) is 1. The lowest BCUT2D eigenvalue weighted by Gasteiger charge is -2.32. The molecule has 1 aromatic rings. The minimum absolute atomic E-state index is 0.241. The van der Waals surface area contributed by atoms with Crippen LogP contribution in [0.4, 0.5) is 0 Å². The summed E-state index contributed by atoms with van der Waals surface area (Å²) < 4.78 is 0. The molecular formula is C18H26N2O. The fourth-order valence-corrected chi connectivity index (χ4v) is 4.09. The Morgan fingerprint density at radius 1 is 1.24 bits per heavy atom. The summed E-state index contributed by atoms with van der Waals surface area (Å²) in [6.45, 7) is 2.84. The molecule has 114 valence electrons. The SMILES string of the molecule is CC(=O)N1[C@H](Cc2ccccc2)C[C@@H]2NCCCCC[C@@H]21. The van der Waals surface area contributed by atoms with Crippen LogP contribution in [0.25, 0.3) is 0 Å². The van der Waals surface area contributed by atoms with Crippen molar-refractivity contribution in [1.29, 1.82) is 0 Å². The van der Waals surface area contributed by atoms with E-state index in [1.807, 2.05) is 0 Å². The molecule has 3 atom stereocenters. The third kappa shape index (κ3) is 3.29. The van der Waals surface area contributed by atoms with E-state index in [1.165, 1.54) is 24.8 Å². The molecule has 1 N–H and O–H groups in total. The molecule has 2 heterocycles. The zero-order valence-electron chi connectivity index (χ0n) is 12.9. The second kappa shape index (κ2) is 6.61. The average molecular weight is 286 g/mol. The lowest BCUT2D eigenvalue weighted by Crippen LogP contribution is -2.47. The molecule has 0 spiro atoms. The van der Waals surface area contributed by atoms with Crippen LogP contribution in [0.1, 0.15) is 44.6 Å². The predicted molar refractivity (Wildman–Crippen MR) is 85.1 cm³/mol. The molecule has 2 saturated heterocycles. The first-order valence-corrected chi connectivity index (χ1v) is 8.32. The van der Waals surface area contributed by atoms with Crippen molar-refractivity contribution in [1.82, 2.24) is 10.2 Å². The van der Waals surface area contributed by atoms with Crippen molar-refractivity contribution in [3.8, 4) is 0 Å². The number of likely N-dealkylation sites (tertiary alicyclic amines) is 1. The largest absolute Gasteiger partial charge is 0.335 e. The molecule has 2 aliphatic rings. The van der Waals surface area contributed by atoms with E-state index < -0.39 is 0 Å². The normalized spacial score (nSPS) is 29.6. The van der Waals surface area contributed by atoms with E-state index in [-0.39, 0.29) is 5.91 Å². The summed E-state index contributed by atoms with van der Waals surface area (Å²) in [5.74, 6) is 0.241. The van der Waals surface area contributed by atoms with Crippen molar-refractivity contribution in [3.05, 3.63) is 35.9 Å². The number of benzene rings is 1. The van der Waals surface area contributed by atoms with E-state index in [1.54, 1.807) is 6.92 Å². The molecule has 3 heteroatoms. The number of nitrogens with zero attached hydrogens (tertiary/aromatic N) is 1. The van der Waals surface area contributed by atoms with E-state index in [2.05, 4.69) is 40.5 Å². The Labute approximate surface area is 127 Å². The van der Waals surface area contributed by atoms with Crippen molar-refractivity contribution in [3.63, 3.8) is 0 Å². The van der Waals surface area contributed by atoms with Gasteiger partial charge in [0.1, 0.15) is 0 Å².